The molecule has 9 heavy (non-hydrogen) atoms. The molecule has 1 rings (SSSR count). The lowest BCUT2D eigenvalue weighted by Gasteiger charge is -2.08. The molecule has 6 heteroatoms. The molecule has 4 nitrogen and oxygen atoms in total. The van der Waals surface area contributed by atoms with Gasteiger partial charge in [-0.25, -0.2) is 5.14 Å². The number of hydrogen-bond donors (Lipinski definition) is 1. The van der Waals surface area contributed by atoms with E-state index >= 15 is 0 Å². The van der Waals surface area contributed by atoms with Gasteiger partial charge in [0, 0.05) is 6.20 Å². The van der Waals surface area contributed by atoms with Crippen LogP contribution in [0, 0.1) is 0 Å². The van der Waals surface area contributed by atoms with Crippen molar-refractivity contribution in [3.05, 3.63) is 11.6 Å². The van der Waals surface area contributed by atoms with Gasteiger partial charge in [-0.1, -0.05) is 0 Å². The maximum absolute atomic E-state index is 10.5. The van der Waals surface area contributed by atoms with Gasteiger partial charge in [0.15, 0.2) is 0 Å². The van der Waals surface area contributed by atoms with Crippen LogP contribution in [0.5, 0.6) is 0 Å². The predicted octanol–water partition coefficient (Wildman–Crippen LogP) is -0.333. The molecule has 0 saturated heterocycles. The van der Waals surface area contributed by atoms with Crippen molar-refractivity contribution in [1.29, 1.82) is 0 Å². The zero-order valence-corrected chi connectivity index (χ0v) is 6.15. The molecular weight excluding hydrogens is 160 g/mol. The minimum absolute atomic E-state index is 0.402. The van der Waals surface area contributed by atoms with E-state index in [-0.39, 0.29) is 0 Å². The highest BCUT2D eigenvalue weighted by atomic mass is 32.2. The average molecular weight is 166 g/mol. The van der Waals surface area contributed by atoms with Gasteiger partial charge in [0.25, 0.3) is 10.2 Å². The first-order valence-electron chi connectivity index (χ1n) is 2.18. The number of nitrogens with two attached hydrogens (primary N) is 1. The molecule has 1 aliphatic heterocycles. The van der Waals surface area contributed by atoms with Crippen LogP contribution in [0.3, 0.4) is 0 Å². The van der Waals surface area contributed by atoms with Crippen molar-refractivity contribution in [3.63, 3.8) is 0 Å². The SMILES string of the molecule is NS(=O)(=O)N1C=CSC1. The van der Waals surface area contributed by atoms with Crippen molar-refractivity contribution < 1.29 is 8.42 Å². The van der Waals surface area contributed by atoms with Crippen LogP contribution in [0.1, 0.15) is 0 Å². The highest BCUT2D eigenvalue weighted by Crippen LogP contribution is 2.16. The van der Waals surface area contributed by atoms with Gasteiger partial charge in [0.2, 0.25) is 0 Å². The topological polar surface area (TPSA) is 63.4 Å². The maximum atomic E-state index is 10.5. The third-order valence-electron chi connectivity index (χ3n) is 0.852. The highest BCUT2D eigenvalue weighted by molar-refractivity contribution is 8.03. The molecule has 0 saturated carbocycles. The van der Waals surface area contributed by atoms with Crippen molar-refractivity contribution in [2.24, 2.45) is 5.14 Å². The minimum atomic E-state index is -3.48. The zero-order valence-electron chi connectivity index (χ0n) is 4.52. The first kappa shape index (κ1) is 6.91. The fourth-order valence-electron chi connectivity index (χ4n) is 0.429. The van der Waals surface area contributed by atoms with Gasteiger partial charge >= 0.3 is 0 Å². The lowest BCUT2D eigenvalue weighted by Crippen LogP contribution is -2.30. The van der Waals surface area contributed by atoms with Crippen molar-refractivity contribution in [3.8, 4) is 0 Å². The van der Waals surface area contributed by atoms with E-state index in [1.165, 1.54) is 18.0 Å². The van der Waals surface area contributed by atoms with Crippen LogP contribution < -0.4 is 5.14 Å². The fourth-order valence-corrected chi connectivity index (χ4v) is 2.06. The molecule has 0 aromatic rings. The second kappa shape index (κ2) is 2.20. The molecule has 0 amide bonds. The maximum Gasteiger partial charge on any atom is 0.299 e. The Balaban J connectivity index is 2.76. The van der Waals surface area contributed by atoms with Crippen LogP contribution in [0.25, 0.3) is 0 Å². The molecule has 1 heterocycles. The van der Waals surface area contributed by atoms with Crippen molar-refractivity contribution in [1.82, 2.24) is 4.31 Å². The Morgan fingerprint density at radius 2 is 2.33 bits per heavy atom. The molecule has 0 radical (unpaired) electrons. The molecule has 0 fully saturated rings. The van der Waals surface area contributed by atoms with Crippen molar-refractivity contribution in [2.75, 3.05) is 5.88 Å². The number of thioether (sulfide) groups is 1. The standard InChI is InChI=1S/C3H6N2O2S2/c4-9(6,7)5-1-2-8-3-5/h1-2H,3H2,(H2,4,6,7). The monoisotopic (exact) mass is 166 g/mol. The Bertz CT molecular complexity index is 220. The van der Waals surface area contributed by atoms with Crippen molar-refractivity contribution in [2.45, 2.75) is 0 Å². The van der Waals surface area contributed by atoms with Gasteiger partial charge in [0.05, 0.1) is 5.88 Å². The molecule has 0 unspecified atom stereocenters. The third kappa shape index (κ3) is 1.60. The van der Waals surface area contributed by atoms with E-state index in [9.17, 15) is 8.42 Å². The zero-order chi connectivity index (χ0) is 6.91. The van der Waals surface area contributed by atoms with E-state index in [1.54, 1.807) is 5.41 Å². The van der Waals surface area contributed by atoms with Crippen LogP contribution in [0.2, 0.25) is 0 Å². The van der Waals surface area contributed by atoms with Gasteiger partial charge in [-0.3, -0.25) is 4.31 Å². The number of nitrogens with zero attached hydrogens (tertiary/aromatic N) is 1. The summed E-state index contributed by atoms with van der Waals surface area (Å²) >= 11 is 1.40. The van der Waals surface area contributed by atoms with Crippen LogP contribution in [0.15, 0.2) is 11.6 Å². The van der Waals surface area contributed by atoms with E-state index in [2.05, 4.69) is 0 Å². The summed E-state index contributed by atoms with van der Waals surface area (Å²) in [5.74, 6) is 0.402. The van der Waals surface area contributed by atoms with Gasteiger partial charge < -0.3 is 0 Å². The summed E-state index contributed by atoms with van der Waals surface area (Å²) < 4.78 is 22.0. The van der Waals surface area contributed by atoms with Crippen LogP contribution in [-0.2, 0) is 10.2 Å². The van der Waals surface area contributed by atoms with E-state index in [0.717, 1.165) is 4.31 Å². The quantitative estimate of drug-likeness (QED) is 0.580. The fraction of sp³-hybridized carbons (Fsp3) is 0.333. The minimum Gasteiger partial charge on any atom is -0.254 e. The second-order valence-corrected chi connectivity index (χ2v) is 3.88. The number of hydrogen-bond acceptors (Lipinski definition) is 3. The molecular formula is C3H6N2O2S2. The van der Waals surface area contributed by atoms with E-state index in [1.807, 2.05) is 0 Å². The highest BCUT2D eigenvalue weighted by Gasteiger charge is 2.14. The third-order valence-corrected chi connectivity index (χ3v) is 2.66. The van der Waals surface area contributed by atoms with Crippen LogP contribution >= 0.6 is 11.8 Å². The molecule has 52 valence electrons. The summed E-state index contributed by atoms with van der Waals surface area (Å²) in [6.07, 6.45) is 1.44. The van der Waals surface area contributed by atoms with E-state index in [4.69, 9.17) is 5.14 Å². The summed E-state index contributed by atoms with van der Waals surface area (Å²) in [6.45, 7) is 0. The number of rotatable bonds is 1. The Labute approximate surface area is 57.9 Å². The summed E-state index contributed by atoms with van der Waals surface area (Å²) in [7, 11) is -3.48. The Morgan fingerprint density at radius 3 is 2.56 bits per heavy atom. The summed E-state index contributed by atoms with van der Waals surface area (Å²) in [5, 5.41) is 6.46. The van der Waals surface area contributed by atoms with Crippen molar-refractivity contribution >= 4 is 22.0 Å². The normalized spacial score (nSPS) is 19.0. The van der Waals surface area contributed by atoms with Gasteiger partial charge in [0.1, 0.15) is 0 Å². The molecule has 0 atom stereocenters. The van der Waals surface area contributed by atoms with Gasteiger partial charge in [-0.05, 0) is 5.41 Å². The average Bonchev–Trinajstić information content (AvgIpc) is 2.08. The molecule has 0 aromatic carbocycles. The van der Waals surface area contributed by atoms with E-state index in [0.29, 0.717) is 5.88 Å². The van der Waals surface area contributed by atoms with E-state index < -0.39 is 10.2 Å². The molecule has 2 N–H and O–H groups in total. The molecule has 1 aliphatic rings. The first-order valence-corrected chi connectivity index (χ1v) is 4.74. The first-order chi connectivity index (χ1) is 4.11. The summed E-state index contributed by atoms with van der Waals surface area (Å²) in [4.78, 5) is 0. The van der Waals surface area contributed by atoms with Gasteiger partial charge in [-0.15, -0.1) is 11.8 Å². The summed E-state index contributed by atoms with van der Waals surface area (Å²) in [5.41, 5.74) is 0. The van der Waals surface area contributed by atoms with Crippen LogP contribution in [-0.4, -0.2) is 18.6 Å². The lowest BCUT2D eigenvalue weighted by molar-refractivity contribution is 0.537. The predicted molar refractivity (Wildman–Crippen MR) is 36.5 cm³/mol. The molecule has 0 aliphatic carbocycles. The van der Waals surface area contributed by atoms with Crippen LogP contribution in [0.4, 0.5) is 0 Å². The molecule has 0 aromatic heterocycles. The smallest absolute Gasteiger partial charge is 0.254 e. The summed E-state index contributed by atoms with van der Waals surface area (Å²) in [6, 6.07) is 0. The molecule has 0 bridgehead atoms. The Hall–Kier alpha value is -0.200. The Morgan fingerprint density at radius 1 is 1.67 bits per heavy atom. The van der Waals surface area contributed by atoms with Gasteiger partial charge in [-0.2, -0.15) is 8.42 Å². The molecule has 0 spiro atoms. The largest absolute Gasteiger partial charge is 0.299 e. The Kier molecular flexibility index (Phi) is 1.69. The lowest BCUT2D eigenvalue weighted by atomic mass is 11.0. The second-order valence-electron chi connectivity index (χ2n) is 1.51.